The highest BCUT2D eigenvalue weighted by molar-refractivity contribution is 9.10. The molecule has 0 aliphatic carbocycles. The summed E-state index contributed by atoms with van der Waals surface area (Å²) >= 11 is 3.39. The summed E-state index contributed by atoms with van der Waals surface area (Å²) in [6.07, 6.45) is -1.31. The molecule has 1 aromatic carbocycles. The number of hydrogen-bond donors (Lipinski definition) is 0. The number of nitrogens with zero attached hydrogens (tertiary/aromatic N) is 6. The van der Waals surface area contributed by atoms with Gasteiger partial charge in [0.15, 0.2) is 0 Å². The van der Waals surface area contributed by atoms with Crippen LogP contribution in [0.3, 0.4) is 0 Å². The Labute approximate surface area is 147 Å². The van der Waals surface area contributed by atoms with Gasteiger partial charge in [-0.1, -0.05) is 15.9 Å². The van der Waals surface area contributed by atoms with Gasteiger partial charge in [-0.2, -0.15) is 23.8 Å². The van der Waals surface area contributed by atoms with E-state index in [1.54, 1.807) is 16.9 Å². The van der Waals surface area contributed by atoms with Gasteiger partial charge in [0.2, 0.25) is 5.89 Å². The van der Waals surface area contributed by atoms with E-state index in [9.17, 15) is 8.78 Å². The van der Waals surface area contributed by atoms with Crippen molar-refractivity contribution in [2.24, 2.45) is 0 Å². The van der Waals surface area contributed by atoms with Gasteiger partial charge in [-0.05, 0) is 30.3 Å². The summed E-state index contributed by atoms with van der Waals surface area (Å²) in [5, 5.41) is 15.6. The highest BCUT2D eigenvalue weighted by Crippen LogP contribution is 2.23. The first-order valence-electron chi connectivity index (χ1n) is 7.16. The number of benzene rings is 1. The Morgan fingerprint density at radius 3 is 2.64 bits per heavy atom. The van der Waals surface area contributed by atoms with Crippen molar-refractivity contribution in [3.05, 3.63) is 52.6 Å². The number of alkyl halides is 2. The predicted molar refractivity (Wildman–Crippen MR) is 86.8 cm³/mol. The molecule has 0 aliphatic heterocycles. The first-order valence-corrected chi connectivity index (χ1v) is 7.95. The quantitative estimate of drug-likeness (QED) is 0.514. The Bertz CT molecular complexity index is 1030. The molecule has 0 amide bonds. The molecule has 126 valence electrons. The van der Waals surface area contributed by atoms with Crippen LogP contribution in [0.25, 0.3) is 22.5 Å². The molecule has 0 bridgehead atoms. The second kappa shape index (κ2) is 6.28. The maximum Gasteiger partial charge on any atom is 0.314 e. The lowest BCUT2D eigenvalue weighted by molar-refractivity contribution is 0.116. The highest BCUT2D eigenvalue weighted by atomic mass is 79.9. The molecule has 0 radical (unpaired) electrons. The van der Waals surface area contributed by atoms with E-state index < -0.39 is 12.3 Å². The van der Waals surface area contributed by atoms with Crippen LogP contribution in [0.1, 0.15) is 18.0 Å². The normalized spacial score (nSPS) is 11.5. The van der Waals surface area contributed by atoms with Gasteiger partial charge in [-0.3, -0.25) is 4.98 Å². The van der Waals surface area contributed by atoms with Crippen LogP contribution in [0, 0.1) is 0 Å². The van der Waals surface area contributed by atoms with Crippen molar-refractivity contribution in [1.29, 1.82) is 0 Å². The van der Waals surface area contributed by atoms with Crippen LogP contribution >= 0.6 is 15.9 Å². The van der Waals surface area contributed by atoms with Crippen LogP contribution in [0.5, 0.6) is 0 Å². The van der Waals surface area contributed by atoms with Gasteiger partial charge in [-0.15, -0.1) is 10.2 Å². The second-order valence-electron chi connectivity index (χ2n) is 5.15. The standard InChI is InChI=1S/C15H9BrF2N6O/c16-9-2-4-11-12(5-9)23-24(22-11)7-10-3-1-8(6-19-10)14-20-21-15(25-14)13(17)18/h1-6,13H,7H2. The van der Waals surface area contributed by atoms with Crippen LogP contribution in [0.2, 0.25) is 0 Å². The van der Waals surface area contributed by atoms with Gasteiger partial charge in [0, 0.05) is 10.7 Å². The lowest BCUT2D eigenvalue weighted by atomic mass is 10.2. The molecule has 4 rings (SSSR count). The molecule has 3 aromatic heterocycles. The first kappa shape index (κ1) is 15.8. The van der Waals surface area contributed by atoms with Crippen molar-refractivity contribution in [3.63, 3.8) is 0 Å². The molecule has 0 saturated heterocycles. The topological polar surface area (TPSA) is 82.5 Å². The number of aromatic nitrogens is 6. The maximum atomic E-state index is 12.5. The third-order valence-electron chi connectivity index (χ3n) is 3.39. The third kappa shape index (κ3) is 3.25. The van der Waals surface area contributed by atoms with Crippen molar-refractivity contribution >= 4 is 27.0 Å². The number of hydrogen-bond acceptors (Lipinski definition) is 6. The largest absolute Gasteiger partial charge is 0.415 e. The van der Waals surface area contributed by atoms with Crippen molar-refractivity contribution < 1.29 is 13.2 Å². The lowest BCUT2D eigenvalue weighted by Crippen LogP contribution is -2.05. The van der Waals surface area contributed by atoms with Crippen molar-refractivity contribution in [1.82, 2.24) is 30.2 Å². The molecule has 0 N–H and O–H groups in total. The fourth-order valence-electron chi connectivity index (χ4n) is 2.23. The average molecular weight is 407 g/mol. The molecule has 7 nitrogen and oxygen atoms in total. The molecule has 0 unspecified atom stereocenters. The van der Waals surface area contributed by atoms with Crippen molar-refractivity contribution in [3.8, 4) is 11.5 Å². The van der Waals surface area contributed by atoms with Crippen molar-refractivity contribution in [2.75, 3.05) is 0 Å². The number of halogens is 3. The van der Waals surface area contributed by atoms with Crippen LogP contribution in [0.4, 0.5) is 8.78 Å². The van der Waals surface area contributed by atoms with Gasteiger partial charge in [0.25, 0.3) is 5.89 Å². The van der Waals surface area contributed by atoms with Gasteiger partial charge in [0.05, 0.1) is 11.3 Å². The molecule has 0 fully saturated rings. The minimum Gasteiger partial charge on any atom is -0.415 e. The zero-order valence-corrected chi connectivity index (χ0v) is 14.1. The monoisotopic (exact) mass is 406 g/mol. The van der Waals surface area contributed by atoms with E-state index in [1.807, 2.05) is 18.2 Å². The minimum atomic E-state index is -2.80. The van der Waals surface area contributed by atoms with Gasteiger partial charge in [-0.25, -0.2) is 0 Å². The molecule has 0 aliphatic rings. The van der Waals surface area contributed by atoms with Crippen molar-refractivity contribution in [2.45, 2.75) is 13.0 Å². The highest BCUT2D eigenvalue weighted by Gasteiger charge is 2.17. The lowest BCUT2D eigenvalue weighted by Gasteiger charge is -2.00. The van der Waals surface area contributed by atoms with Crippen LogP contribution in [-0.2, 0) is 6.54 Å². The molecule has 0 atom stereocenters. The summed E-state index contributed by atoms with van der Waals surface area (Å²) in [4.78, 5) is 5.81. The summed E-state index contributed by atoms with van der Waals surface area (Å²) in [5.74, 6) is -0.708. The summed E-state index contributed by atoms with van der Waals surface area (Å²) in [6, 6.07) is 9.05. The molecule has 0 spiro atoms. The molecule has 3 heterocycles. The van der Waals surface area contributed by atoms with Gasteiger partial charge in [0.1, 0.15) is 17.6 Å². The Morgan fingerprint density at radius 1 is 1.08 bits per heavy atom. The Kier molecular flexibility index (Phi) is 3.96. The van der Waals surface area contributed by atoms with Gasteiger partial charge < -0.3 is 4.42 Å². The molecule has 10 heteroatoms. The summed E-state index contributed by atoms with van der Waals surface area (Å²) in [7, 11) is 0. The average Bonchev–Trinajstić information content (AvgIpc) is 3.22. The molecule has 25 heavy (non-hydrogen) atoms. The molecular weight excluding hydrogens is 398 g/mol. The molecule has 4 aromatic rings. The smallest absolute Gasteiger partial charge is 0.314 e. The van der Waals surface area contributed by atoms with E-state index in [0.717, 1.165) is 15.5 Å². The number of rotatable bonds is 4. The Hall–Kier alpha value is -2.75. The van der Waals surface area contributed by atoms with E-state index in [-0.39, 0.29) is 5.89 Å². The number of pyridine rings is 1. The molecule has 0 saturated carbocycles. The van der Waals surface area contributed by atoms with E-state index in [0.29, 0.717) is 17.8 Å². The zero-order chi connectivity index (χ0) is 17.4. The van der Waals surface area contributed by atoms with Crippen LogP contribution < -0.4 is 0 Å². The first-order chi connectivity index (χ1) is 12.1. The fraction of sp³-hybridized carbons (Fsp3) is 0.133. The maximum absolute atomic E-state index is 12.5. The zero-order valence-electron chi connectivity index (χ0n) is 12.5. The summed E-state index contributed by atoms with van der Waals surface area (Å²) in [5.41, 5.74) is 2.73. The predicted octanol–water partition coefficient (Wildman–Crippen LogP) is 3.62. The second-order valence-corrected chi connectivity index (χ2v) is 6.06. The number of fused-ring (bicyclic) bond motifs is 1. The van der Waals surface area contributed by atoms with Crippen LogP contribution in [-0.4, -0.2) is 30.2 Å². The van der Waals surface area contributed by atoms with E-state index in [2.05, 4.69) is 41.3 Å². The third-order valence-corrected chi connectivity index (χ3v) is 3.88. The Morgan fingerprint density at radius 2 is 1.92 bits per heavy atom. The summed E-state index contributed by atoms with van der Waals surface area (Å²) in [6.45, 7) is 0.374. The van der Waals surface area contributed by atoms with E-state index in [1.165, 1.54) is 6.20 Å². The minimum absolute atomic E-state index is 0.00199. The van der Waals surface area contributed by atoms with E-state index in [4.69, 9.17) is 4.42 Å². The van der Waals surface area contributed by atoms with Gasteiger partial charge >= 0.3 is 6.43 Å². The van der Waals surface area contributed by atoms with E-state index >= 15 is 0 Å². The fourth-order valence-corrected chi connectivity index (χ4v) is 2.58. The SMILES string of the molecule is FC(F)c1nnc(-c2ccc(Cn3nc4ccc(Br)cc4n3)nc2)o1. The molecular formula is C15H9BrF2N6O. The Balaban J connectivity index is 1.54. The van der Waals surface area contributed by atoms with Crippen LogP contribution in [0.15, 0.2) is 45.4 Å². The summed E-state index contributed by atoms with van der Waals surface area (Å²) < 4.78 is 30.8.